The van der Waals surface area contributed by atoms with Crippen LogP contribution in [0.4, 0.5) is 0 Å². The van der Waals surface area contributed by atoms with E-state index in [1.165, 1.54) is 37.8 Å². The summed E-state index contributed by atoms with van der Waals surface area (Å²) in [5, 5.41) is 74.7. The fourth-order valence-corrected chi connectivity index (χ4v) is 11.2. The molecule has 1 aromatic carbocycles. The van der Waals surface area contributed by atoms with Gasteiger partial charge >= 0.3 is 5.97 Å². The monoisotopic (exact) mass is 790 g/mol. The number of esters is 1. The van der Waals surface area contributed by atoms with Crippen molar-refractivity contribution in [3.63, 3.8) is 0 Å². The van der Waals surface area contributed by atoms with Crippen LogP contribution in [0.1, 0.15) is 83.0 Å². The number of fused-ring (bicyclic) bond motifs is 5. The Morgan fingerprint density at radius 3 is 2.34 bits per heavy atom. The van der Waals surface area contributed by atoms with E-state index in [2.05, 4.69) is 13.8 Å². The molecule has 15 heteroatoms. The molecule has 0 spiro atoms. The summed E-state index contributed by atoms with van der Waals surface area (Å²) in [6, 6.07) is 4.07. The van der Waals surface area contributed by atoms with Gasteiger partial charge in [-0.25, -0.2) is 4.79 Å². The Bertz CT molecular complexity index is 1650. The molecule has 2 aliphatic heterocycles. The van der Waals surface area contributed by atoms with Crippen molar-refractivity contribution in [2.45, 2.75) is 146 Å². The van der Waals surface area contributed by atoms with Gasteiger partial charge in [0.25, 0.3) is 0 Å². The highest BCUT2D eigenvalue weighted by molar-refractivity contribution is 5.91. The minimum Gasteiger partial charge on any atom is -0.493 e. The second kappa shape index (κ2) is 15.8. The average molecular weight is 791 g/mol. The van der Waals surface area contributed by atoms with Crippen molar-refractivity contribution in [3.05, 3.63) is 35.4 Å². The number of ketones is 1. The highest BCUT2D eigenvalue weighted by atomic mass is 16.7. The zero-order chi connectivity index (χ0) is 40.4. The number of rotatable bonds is 9. The van der Waals surface area contributed by atoms with Crippen molar-refractivity contribution in [2.75, 3.05) is 13.7 Å². The zero-order valence-electron chi connectivity index (χ0n) is 32.6. The maximum atomic E-state index is 13.2. The highest BCUT2D eigenvalue weighted by Crippen LogP contribution is 2.67. The fraction of sp³-hybridized carbons (Fsp3) is 0.756. The Hall–Kier alpha value is -2.70. The lowest BCUT2D eigenvalue weighted by atomic mass is 9.46. The van der Waals surface area contributed by atoms with Gasteiger partial charge in [0.1, 0.15) is 49.3 Å². The molecule has 18 unspecified atom stereocenters. The number of carbonyl (C=O) groups excluding carboxylic acids is 2. The molecule has 4 aliphatic carbocycles. The third-order valence-electron chi connectivity index (χ3n) is 14.4. The van der Waals surface area contributed by atoms with Gasteiger partial charge in [-0.2, -0.15) is 0 Å². The van der Waals surface area contributed by atoms with Crippen LogP contribution in [0.2, 0.25) is 0 Å². The Labute approximate surface area is 326 Å². The molecule has 7 rings (SSSR count). The van der Waals surface area contributed by atoms with Crippen LogP contribution in [0, 0.1) is 34.5 Å². The number of allylic oxidation sites excluding steroid dienone is 1. The molecule has 15 nitrogen and oxygen atoms in total. The summed E-state index contributed by atoms with van der Waals surface area (Å²) in [6.07, 6.45) is -7.68. The van der Waals surface area contributed by atoms with Gasteiger partial charge < -0.3 is 64.2 Å². The van der Waals surface area contributed by atoms with E-state index < -0.39 is 86.2 Å². The molecule has 0 bridgehead atoms. The molecule has 2 heterocycles. The summed E-state index contributed by atoms with van der Waals surface area (Å²) in [5.74, 6) is 0.171. The molecule has 6 aliphatic rings. The van der Waals surface area contributed by atoms with Gasteiger partial charge in [-0.3, -0.25) is 4.79 Å². The molecule has 7 N–H and O–H groups in total. The predicted molar refractivity (Wildman–Crippen MR) is 195 cm³/mol. The van der Waals surface area contributed by atoms with Gasteiger partial charge in [0.05, 0.1) is 31.0 Å². The molecule has 2 saturated heterocycles. The first-order valence-electron chi connectivity index (χ1n) is 20.0. The van der Waals surface area contributed by atoms with E-state index in [0.29, 0.717) is 24.7 Å². The molecule has 0 aromatic heterocycles. The predicted octanol–water partition coefficient (Wildman–Crippen LogP) is 1.39. The molecule has 56 heavy (non-hydrogen) atoms. The largest absolute Gasteiger partial charge is 0.493 e. The topological polar surface area (TPSA) is 231 Å². The van der Waals surface area contributed by atoms with E-state index in [0.717, 1.165) is 32.1 Å². The number of aliphatic hydroxyl groups is 7. The summed E-state index contributed by atoms with van der Waals surface area (Å²) >= 11 is 0. The van der Waals surface area contributed by atoms with Crippen molar-refractivity contribution in [1.29, 1.82) is 0 Å². The van der Waals surface area contributed by atoms with Gasteiger partial charge in [-0.15, -0.1) is 0 Å². The van der Waals surface area contributed by atoms with Crippen molar-refractivity contribution < 1.29 is 73.8 Å². The van der Waals surface area contributed by atoms with Crippen molar-refractivity contribution >= 4 is 11.8 Å². The molecule has 18 atom stereocenters. The quantitative estimate of drug-likeness (QED) is 0.175. The van der Waals surface area contributed by atoms with Crippen LogP contribution in [0.3, 0.4) is 0 Å². The first-order chi connectivity index (χ1) is 26.5. The number of hydrogen-bond acceptors (Lipinski definition) is 15. The first kappa shape index (κ1) is 41.5. The fourth-order valence-electron chi connectivity index (χ4n) is 11.2. The molecule has 1 aromatic rings. The van der Waals surface area contributed by atoms with Gasteiger partial charge in [0.2, 0.25) is 6.29 Å². The Kier molecular flexibility index (Phi) is 11.7. The molecule has 0 radical (unpaired) electrons. The summed E-state index contributed by atoms with van der Waals surface area (Å²) in [7, 11) is 1.33. The Morgan fingerprint density at radius 2 is 1.61 bits per heavy atom. The van der Waals surface area contributed by atoms with Crippen LogP contribution in [0.25, 0.3) is 0 Å². The number of hydrogen-bond donors (Lipinski definition) is 7. The summed E-state index contributed by atoms with van der Waals surface area (Å²) in [6.45, 7) is 7.42. The lowest BCUT2D eigenvalue weighted by Crippen LogP contribution is -2.60. The van der Waals surface area contributed by atoms with E-state index in [1.54, 1.807) is 0 Å². The third-order valence-corrected chi connectivity index (χ3v) is 14.4. The van der Waals surface area contributed by atoms with Crippen molar-refractivity contribution in [2.24, 2.45) is 34.5 Å². The number of benzene rings is 1. The minimum atomic E-state index is -1.67. The Morgan fingerprint density at radius 1 is 0.893 bits per heavy atom. The number of aliphatic hydroxyl groups excluding tert-OH is 7. The average Bonchev–Trinajstić information content (AvgIpc) is 3.46. The maximum absolute atomic E-state index is 13.2. The third kappa shape index (κ3) is 7.20. The zero-order valence-corrected chi connectivity index (χ0v) is 32.6. The second-order valence-electron chi connectivity index (χ2n) is 17.5. The molecule has 0 amide bonds. The van der Waals surface area contributed by atoms with E-state index >= 15 is 0 Å². The molecular weight excluding hydrogens is 732 g/mol. The van der Waals surface area contributed by atoms with Gasteiger partial charge in [-0.05, 0) is 111 Å². The van der Waals surface area contributed by atoms with Crippen LogP contribution in [0.15, 0.2) is 29.8 Å². The van der Waals surface area contributed by atoms with E-state index in [-0.39, 0.29) is 45.5 Å². The van der Waals surface area contributed by atoms with Crippen molar-refractivity contribution in [3.8, 4) is 11.5 Å². The molecule has 312 valence electrons. The first-order valence-corrected chi connectivity index (χ1v) is 20.0. The van der Waals surface area contributed by atoms with Gasteiger partial charge in [-0.1, -0.05) is 19.4 Å². The Balaban J connectivity index is 0.981. The van der Waals surface area contributed by atoms with Crippen LogP contribution in [-0.2, 0) is 23.7 Å². The number of carbonyl (C=O) groups is 2. The lowest BCUT2D eigenvalue weighted by molar-refractivity contribution is -0.315. The molecular formula is C41H58O15. The smallest absolute Gasteiger partial charge is 0.338 e. The van der Waals surface area contributed by atoms with Gasteiger partial charge in [0, 0.05) is 6.42 Å². The standard InChI is InChI=1S/C41H58O15/c1-18(25-16-26(43)30-23-8-7-21-15-22(42)10-12-40(21,3)24(23)11-13-41(25,30)4)53-38-36(49)34(47)32(45)29(56-38)17-52-37(50)20-6-9-27(28(14-20)51-5)55-39-35(48)33(46)31(44)19(2)54-39/h6,9,14-15,18-19,23-26,29-36,38-39,43-49H,7-8,10-13,16-17H2,1-5H3. The van der Waals surface area contributed by atoms with Crippen LogP contribution in [0.5, 0.6) is 11.5 Å². The molecule has 5 fully saturated rings. The highest BCUT2D eigenvalue weighted by Gasteiger charge is 2.63. The maximum Gasteiger partial charge on any atom is 0.338 e. The summed E-state index contributed by atoms with van der Waals surface area (Å²) in [4.78, 5) is 25.4. The van der Waals surface area contributed by atoms with Crippen LogP contribution < -0.4 is 9.47 Å². The lowest BCUT2D eigenvalue weighted by Gasteiger charge is -2.58. The van der Waals surface area contributed by atoms with E-state index in [4.69, 9.17) is 28.4 Å². The molecule has 3 saturated carbocycles. The van der Waals surface area contributed by atoms with E-state index in [9.17, 15) is 45.3 Å². The minimum absolute atomic E-state index is 0.0314. The van der Waals surface area contributed by atoms with Crippen LogP contribution >= 0.6 is 0 Å². The second-order valence-corrected chi connectivity index (χ2v) is 17.5. The SMILES string of the molecule is COc1cc(C(=O)OCC2OC(OC(C)C3CC(O)C4C5CCC6=CC(=O)CCC6(C)C5CCC34C)C(O)C(O)C2O)ccc1OC1OC(C)C(O)C(O)C1O. The van der Waals surface area contributed by atoms with Crippen LogP contribution in [-0.4, -0.2) is 135 Å². The summed E-state index contributed by atoms with van der Waals surface area (Å²) in [5.41, 5.74) is 0.992. The van der Waals surface area contributed by atoms with E-state index in [1.807, 2.05) is 13.0 Å². The van der Waals surface area contributed by atoms with Crippen molar-refractivity contribution in [1.82, 2.24) is 0 Å². The number of methoxy groups -OCH3 is 1. The number of ether oxygens (including phenoxy) is 6. The van der Waals surface area contributed by atoms with Gasteiger partial charge in [0.15, 0.2) is 23.6 Å². The normalized spacial score (nSPS) is 45.5. The summed E-state index contributed by atoms with van der Waals surface area (Å²) < 4.78 is 34.4.